The average Bonchev–Trinajstić information content (AvgIpc) is 3.06. The Morgan fingerprint density at radius 3 is 2.20 bits per heavy atom. The number of hydrogen-bond acceptors (Lipinski definition) is 10. The summed E-state index contributed by atoms with van der Waals surface area (Å²) in [6, 6.07) is 21.7. The van der Waals surface area contributed by atoms with Gasteiger partial charge in [-0.25, -0.2) is 0 Å². The molecule has 0 aliphatic carbocycles. The molecule has 3 aromatic carbocycles. The summed E-state index contributed by atoms with van der Waals surface area (Å²) in [5.74, 6) is -0.937. The number of aliphatic hydroxyl groups excluding tert-OH is 1. The van der Waals surface area contributed by atoms with Gasteiger partial charge in [0.2, 0.25) is 0 Å². The van der Waals surface area contributed by atoms with Crippen LogP contribution in [0.15, 0.2) is 72.8 Å². The molecule has 2 aliphatic rings. The van der Waals surface area contributed by atoms with E-state index in [2.05, 4.69) is 22.0 Å². The molecule has 244 valence electrons. The minimum absolute atomic E-state index is 0.0188. The van der Waals surface area contributed by atoms with Crippen molar-refractivity contribution in [2.24, 2.45) is 5.92 Å². The lowest BCUT2D eigenvalue weighted by Crippen LogP contribution is -2.51. The van der Waals surface area contributed by atoms with E-state index in [1.165, 1.54) is 26.0 Å². The lowest BCUT2D eigenvalue weighted by atomic mass is 9.90. The van der Waals surface area contributed by atoms with E-state index in [4.69, 9.17) is 14.2 Å². The lowest BCUT2D eigenvalue weighted by molar-refractivity contribution is -0.384. The highest BCUT2D eigenvalue weighted by atomic mass is 16.7. The van der Waals surface area contributed by atoms with Crippen molar-refractivity contribution in [2.45, 2.75) is 52.0 Å². The van der Waals surface area contributed by atoms with Crippen LogP contribution in [0.25, 0.3) is 0 Å². The molecule has 2 fully saturated rings. The maximum absolute atomic E-state index is 12.4. The number of piperazine rings is 1. The highest BCUT2D eigenvalue weighted by molar-refractivity contribution is 5.94. The third-order valence-corrected chi connectivity index (χ3v) is 8.52. The van der Waals surface area contributed by atoms with Gasteiger partial charge in [-0.3, -0.25) is 24.6 Å². The summed E-state index contributed by atoms with van der Waals surface area (Å²) in [6.45, 7) is 8.75. The zero-order chi connectivity index (χ0) is 32.8. The molecule has 12 nitrogen and oxygen atoms in total. The van der Waals surface area contributed by atoms with Crippen LogP contribution in [0.2, 0.25) is 0 Å². The van der Waals surface area contributed by atoms with Gasteiger partial charge in [-0.15, -0.1) is 0 Å². The molecule has 12 heteroatoms. The lowest BCUT2D eigenvalue weighted by Gasteiger charge is -2.44. The first-order valence-electron chi connectivity index (χ1n) is 15.4. The van der Waals surface area contributed by atoms with Crippen molar-refractivity contribution in [3.05, 3.63) is 99.6 Å². The van der Waals surface area contributed by atoms with Gasteiger partial charge in [0.25, 0.3) is 11.6 Å². The van der Waals surface area contributed by atoms with Crippen molar-refractivity contribution >= 4 is 28.9 Å². The number of rotatable bonds is 10. The van der Waals surface area contributed by atoms with Crippen molar-refractivity contribution in [3.63, 3.8) is 0 Å². The monoisotopic (exact) mass is 632 g/mol. The fraction of sp³-hybridized carbons (Fsp3) is 0.412. The number of ether oxygens (including phenoxy) is 3. The van der Waals surface area contributed by atoms with E-state index < -0.39 is 24.3 Å². The summed E-state index contributed by atoms with van der Waals surface area (Å²) in [4.78, 5) is 38.9. The largest absolute Gasteiger partial charge is 0.453 e. The van der Waals surface area contributed by atoms with Crippen LogP contribution in [0.5, 0.6) is 0 Å². The molecule has 2 heterocycles. The number of nitro groups is 1. The van der Waals surface area contributed by atoms with E-state index in [0.29, 0.717) is 12.2 Å². The molecule has 5 atom stereocenters. The van der Waals surface area contributed by atoms with Crippen LogP contribution in [-0.2, 0) is 30.4 Å². The SMILES string of the molecule is CC(=O)OC(C)C(=O)Nc1ccc(C2OC(CN3CCN(c4ccc([N+](=O)[O-])cc4)CC3)C(C)C(c3ccc(CO)cc3)O2)cc1. The van der Waals surface area contributed by atoms with E-state index in [9.17, 15) is 24.8 Å². The fourth-order valence-corrected chi connectivity index (χ4v) is 5.83. The molecule has 2 saturated heterocycles. The number of hydrogen-bond donors (Lipinski definition) is 2. The molecular formula is C34H40N4O8. The normalized spacial score (nSPS) is 22.6. The number of non-ortho nitro benzene ring substituents is 1. The van der Waals surface area contributed by atoms with Crippen LogP contribution in [0, 0.1) is 16.0 Å². The number of nitro benzene ring substituents is 1. The minimum Gasteiger partial charge on any atom is -0.453 e. The zero-order valence-electron chi connectivity index (χ0n) is 26.2. The van der Waals surface area contributed by atoms with E-state index in [1.807, 2.05) is 36.4 Å². The highest BCUT2D eigenvalue weighted by Gasteiger charge is 2.39. The molecule has 0 saturated carbocycles. The Kier molecular flexibility index (Phi) is 10.6. The predicted octanol–water partition coefficient (Wildman–Crippen LogP) is 4.59. The van der Waals surface area contributed by atoms with Gasteiger partial charge in [-0.2, -0.15) is 0 Å². The molecule has 5 rings (SSSR count). The van der Waals surface area contributed by atoms with Crippen molar-refractivity contribution in [1.29, 1.82) is 0 Å². The maximum Gasteiger partial charge on any atom is 0.303 e. The first kappa shape index (κ1) is 33.0. The van der Waals surface area contributed by atoms with Crippen LogP contribution >= 0.6 is 0 Å². The predicted molar refractivity (Wildman–Crippen MR) is 171 cm³/mol. The third-order valence-electron chi connectivity index (χ3n) is 8.52. The van der Waals surface area contributed by atoms with Gasteiger partial charge in [0.05, 0.1) is 23.7 Å². The molecule has 2 aliphatic heterocycles. The number of carbonyl (C=O) groups is 2. The molecule has 1 amide bonds. The first-order valence-corrected chi connectivity index (χ1v) is 15.4. The van der Waals surface area contributed by atoms with E-state index in [-0.39, 0.29) is 35.3 Å². The summed E-state index contributed by atoms with van der Waals surface area (Å²) >= 11 is 0. The van der Waals surface area contributed by atoms with E-state index in [1.54, 1.807) is 24.3 Å². The Bertz CT molecular complexity index is 1490. The van der Waals surface area contributed by atoms with Crippen LogP contribution in [0.4, 0.5) is 17.1 Å². The number of amides is 1. The van der Waals surface area contributed by atoms with Crippen LogP contribution < -0.4 is 10.2 Å². The number of aliphatic hydroxyl groups is 1. The Morgan fingerprint density at radius 2 is 1.61 bits per heavy atom. The molecular weight excluding hydrogens is 592 g/mol. The summed E-state index contributed by atoms with van der Waals surface area (Å²) in [5, 5.41) is 23.3. The Morgan fingerprint density at radius 1 is 0.978 bits per heavy atom. The third kappa shape index (κ3) is 8.07. The van der Waals surface area contributed by atoms with Crippen molar-refractivity contribution in [1.82, 2.24) is 4.90 Å². The van der Waals surface area contributed by atoms with Gasteiger partial charge in [-0.05, 0) is 42.3 Å². The Hall–Kier alpha value is -4.36. The summed E-state index contributed by atoms with van der Waals surface area (Å²) in [7, 11) is 0. The zero-order valence-corrected chi connectivity index (χ0v) is 26.2. The van der Waals surface area contributed by atoms with E-state index in [0.717, 1.165) is 48.6 Å². The minimum atomic E-state index is -0.918. The van der Waals surface area contributed by atoms with Gasteiger partial charge in [-0.1, -0.05) is 43.3 Å². The maximum atomic E-state index is 12.4. The van der Waals surface area contributed by atoms with E-state index >= 15 is 0 Å². The summed E-state index contributed by atoms with van der Waals surface area (Å²) in [5.41, 5.74) is 4.21. The summed E-state index contributed by atoms with van der Waals surface area (Å²) < 4.78 is 18.1. The van der Waals surface area contributed by atoms with Crippen molar-refractivity contribution in [3.8, 4) is 0 Å². The van der Waals surface area contributed by atoms with Gasteiger partial charge in [0, 0.05) is 74.6 Å². The first-order chi connectivity index (χ1) is 22.1. The van der Waals surface area contributed by atoms with Gasteiger partial charge >= 0.3 is 5.97 Å². The second kappa shape index (κ2) is 14.8. The van der Waals surface area contributed by atoms with Crippen LogP contribution in [0.1, 0.15) is 49.9 Å². The second-order valence-corrected chi connectivity index (χ2v) is 11.7. The van der Waals surface area contributed by atoms with Crippen LogP contribution in [0.3, 0.4) is 0 Å². The second-order valence-electron chi connectivity index (χ2n) is 11.7. The standard InChI is InChI=1S/C34H40N4O8/c1-22-31(20-36-16-18-37(19-17-36)29-12-14-30(15-13-29)38(42)43)45-34(46-32(22)26-6-4-25(21-39)5-7-26)27-8-10-28(11-9-27)35-33(41)23(2)44-24(3)40/h4-15,22-23,31-32,34,39H,16-21H2,1-3H3,(H,35,41). The van der Waals surface area contributed by atoms with Gasteiger partial charge in [0.15, 0.2) is 12.4 Å². The quantitative estimate of drug-likeness (QED) is 0.185. The fourth-order valence-electron chi connectivity index (χ4n) is 5.83. The van der Waals surface area contributed by atoms with Crippen molar-refractivity contribution < 1.29 is 33.8 Å². The van der Waals surface area contributed by atoms with Gasteiger partial charge < -0.3 is 29.5 Å². The number of nitrogens with zero attached hydrogens (tertiary/aromatic N) is 3. The molecule has 0 bridgehead atoms. The smallest absolute Gasteiger partial charge is 0.303 e. The molecule has 0 radical (unpaired) electrons. The molecule has 0 aromatic heterocycles. The topological polar surface area (TPSA) is 144 Å². The molecule has 2 N–H and O–H groups in total. The number of nitrogens with one attached hydrogen (secondary N) is 1. The van der Waals surface area contributed by atoms with Crippen molar-refractivity contribution in [2.75, 3.05) is 42.9 Å². The highest BCUT2D eigenvalue weighted by Crippen LogP contribution is 2.42. The molecule has 3 aromatic rings. The Balaban J connectivity index is 1.28. The molecule has 5 unspecified atom stereocenters. The summed E-state index contributed by atoms with van der Waals surface area (Å²) in [6.07, 6.45) is -1.99. The number of esters is 1. The van der Waals surface area contributed by atoms with Crippen LogP contribution in [-0.4, -0.2) is 71.7 Å². The number of benzene rings is 3. The molecule has 0 spiro atoms. The molecule has 46 heavy (non-hydrogen) atoms. The number of anilines is 2. The number of carbonyl (C=O) groups excluding carboxylic acids is 2. The Labute approximate surface area is 268 Å². The average molecular weight is 633 g/mol. The van der Waals surface area contributed by atoms with Gasteiger partial charge in [0.1, 0.15) is 0 Å².